The second-order valence-corrected chi connectivity index (χ2v) is 7.93. The Balaban J connectivity index is 1.60. The Morgan fingerprint density at radius 1 is 1.13 bits per heavy atom. The number of ketones is 1. The topological polar surface area (TPSA) is 110 Å². The number of nitrogen functional groups attached to an aromatic ring is 1. The SMILES string of the molecule is Cn1c(N)c(C(=O)C[NH+]2CCC[C@H]2c2ccc3c(c2)OCCCO3)c(=O)n(C)c1=O. The lowest BCUT2D eigenvalue weighted by Crippen LogP contribution is -3.11. The smallest absolute Gasteiger partial charge is 0.332 e. The van der Waals surface area contributed by atoms with Crippen LogP contribution in [-0.2, 0) is 14.1 Å². The number of anilines is 1. The summed E-state index contributed by atoms with van der Waals surface area (Å²) < 4.78 is 13.6. The van der Waals surface area contributed by atoms with Gasteiger partial charge in [-0.15, -0.1) is 0 Å². The van der Waals surface area contributed by atoms with Crippen LogP contribution in [0.25, 0.3) is 0 Å². The Kier molecular flexibility index (Phi) is 5.38. The maximum Gasteiger partial charge on any atom is 0.332 e. The second kappa shape index (κ2) is 7.98. The van der Waals surface area contributed by atoms with Crippen molar-refractivity contribution < 1.29 is 19.2 Å². The van der Waals surface area contributed by atoms with Crippen molar-refractivity contribution in [2.75, 3.05) is 32.0 Å². The molecule has 160 valence electrons. The van der Waals surface area contributed by atoms with E-state index in [0.29, 0.717) is 13.2 Å². The molecule has 1 aromatic carbocycles. The molecule has 0 radical (unpaired) electrons. The van der Waals surface area contributed by atoms with Crippen LogP contribution in [0.1, 0.15) is 41.2 Å². The number of rotatable bonds is 4. The van der Waals surface area contributed by atoms with Crippen LogP contribution < -0.4 is 31.4 Å². The van der Waals surface area contributed by atoms with Crippen molar-refractivity contribution in [2.24, 2.45) is 14.1 Å². The molecule has 2 aromatic rings. The molecule has 3 heterocycles. The van der Waals surface area contributed by atoms with Crippen molar-refractivity contribution in [1.29, 1.82) is 0 Å². The summed E-state index contributed by atoms with van der Waals surface area (Å²) in [5, 5.41) is 0. The quantitative estimate of drug-likeness (QED) is 0.648. The van der Waals surface area contributed by atoms with Gasteiger partial charge in [0.1, 0.15) is 24.0 Å². The fourth-order valence-corrected chi connectivity index (χ4v) is 4.34. The largest absolute Gasteiger partial charge is 0.490 e. The highest BCUT2D eigenvalue weighted by Gasteiger charge is 2.34. The number of aromatic nitrogens is 2. The molecule has 30 heavy (non-hydrogen) atoms. The third kappa shape index (κ3) is 3.49. The van der Waals surface area contributed by atoms with E-state index in [4.69, 9.17) is 15.2 Å². The van der Waals surface area contributed by atoms with Crippen LogP contribution >= 0.6 is 0 Å². The van der Waals surface area contributed by atoms with Crippen molar-refractivity contribution in [3.05, 3.63) is 50.2 Å². The molecule has 9 heteroatoms. The first-order valence-corrected chi connectivity index (χ1v) is 10.2. The average molecular weight is 415 g/mol. The number of hydrogen-bond donors (Lipinski definition) is 2. The van der Waals surface area contributed by atoms with Gasteiger partial charge in [-0.3, -0.25) is 18.7 Å². The molecule has 2 aliphatic rings. The maximum absolute atomic E-state index is 13.0. The lowest BCUT2D eigenvalue weighted by Gasteiger charge is -2.22. The van der Waals surface area contributed by atoms with Crippen LogP contribution in [-0.4, -0.2) is 41.2 Å². The molecule has 2 atom stereocenters. The number of fused-ring (bicyclic) bond motifs is 1. The zero-order chi connectivity index (χ0) is 21.4. The van der Waals surface area contributed by atoms with Gasteiger partial charge in [0.2, 0.25) is 5.78 Å². The number of benzene rings is 1. The van der Waals surface area contributed by atoms with Gasteiger partial charge in [-0.25, -0.2) is 4.79 Å². The number of likely N-dealkylation sites (tertiary alicyclic amines) is 1. The Bertz CT molecular complexity index is 1100. The van der Waals surface area contributed by atoms with Crippen LogP contribution in [0.3, 0.4) is 0 Å². The van der Waals surface area contributed by atoms with Crippen LogP contribution in [0.4, 0.5) is 5.82 Å². The molecule has 1 aromatic heterocycles. The molecule has 0 bridgehead atoms. The number of carbonyl (C=O) groups is 1. The summed E-state index contributed by atoms with van der Waals surface area (Å²) in [6.07, 6.45) is 2.75. The molecular weight excluding hydrogens is 388 g/mol. The third-order valence-corrected chi connectivity index (χ3v) is 6.03. The molecule has 4 rings (SSSR count). The highest BCUT2D eigenvalue weighted by Crippen LogP contribution is 2.33. The molecular formula is C21H27N4O5+. The lowest BCUT2D eigenvalue weighted by molar-refractivity contribution is -0.910. The van der Waals surface area contributed by atoms with E-state index in [1.165, 1.54) is 14.1 Å². The van der Waals surface area contributed by atoms with Crippen LogP contribution in [0.5, 0.6) is 11.5 Å². The molecule has 1 fully saturated rings. The van der Waals surface area contributed by atoms with Gasteiger partial charge < -0.3 is 20.1 Å². The minimum atomic E-state index is -0.647. The molecule has 0 aliphatic carbocycles. The summed E-state index contributed by atoms with van der Waals surface area (Å²) >= 11 is 0. The predicted molar refractivity (Wildman–Crippen MR) is 110 cm³/mol. The number of Topliss-reactive ketones (excluding diaryl/α,β-unsaturated/α-hetero) is 1. The summed E-state index contributed by atoms with van der Waals surface area (Å²) in [5.41, 5.74) is 5.73. The van der Waals surface area contributed by atoms with Gasteiger partial charge in [-0.05, 0) is 18.2 Å². The van der Waals surface area contributed by atoms with Gasteiger partial charge in [0.15, 0.2) is 11.5 Å². The van der Waals surface area contributed by atoms with Gasteiger partial charge in [0, 0.05) is 38.9 Å². The minimum Gasteiger partial charge on any atom is -0.490 e. The first-order valence-electron chi connectivity index (χ1n) is 10.2. The number of nitrogens with zero attached hydrogens (tertiary/aromatic N) is 2. The molecule has 0 saturated carbocycles. The van der Waals surface area contributed by atoms with Gasteiger partial charge in [0.25, 0.3) is 5.56 Å². The number of nitrogens with two attached hydrogens (primary N) is 1. The minimum absolute atomic E-state index is 0.0844. The number of carbonyl (C=O) groups excluding carboxylic acids is 1. The first kappa shape index (κ1) is 20.2. The van der Waals surface area contributed by atoms with E-state index >= 15 is 0 Å². The number of ether oxygens (including phenoxy) is 2. The molecule has 1 saturated heterocycles. The predicted octanol–water partition coefficient (Wildman–Crippen LogP) is -0.570. The van der Waals surface area contributed by atoms with E-state index in [9.17, 15) is 14.4 Å². The van der Waals surface area contributed by atoms with E-state index < -0.39 is 11.2 Å². The summed E-state index contributed by atoms with van der Waals surface area (Å²) in [5.74, 6) is 1.05. The van der Waals surface area contributed by atoms with E-state index in [1.54, 1.807) is 0 Å². The maximum atomic E-state index is 13.0. The summed E-state index contributed by atoms with van der Waals surface area (Å²) in [6, 6.07) is 6.06. The highest BCUT2D eigenvalue weighted by molar-refractivity contribution is 6.00. The Hall–Kier alpha value is -3.07. The molecule has 3 N–H and O–H groups in total. The van der Waals surface area contributed by atoms with E-state index in [-0.39, 0.29) is 29.8 Å². The Morgan fingerprint density at radius 2 is 1.87 bits per heavy atom. The van der Waals surface area contributed by atoms with Gasteiger partial charge in [-0.2, -0.15) is 0 Å². The third-order valence-electron chi connectivity index (χ3n) is 6.03. The standard InChI is InChI=1S/C21H26N4O5/c1-23-19(22)18(20(27)24(2)21(23)28)15(26)12-25-8-3-5-14(25)13-6-7-16-17(11-13)30-10-4-9-29-16/h6-7,11,14H,3-5,8-10,12,22H2,1-2H3/p+1/t14-/m0/s1. The zero-order valence-corrected chi connectivity index (χ0v) is 17.3. The van der Waals surface area contributed by atoms with Crippen molar-refractivity contribution in [3.63, 3.8) is 0 Å². The number of nitrogens with one attached hydrogen (secondary N) is 1. The normalized spacial score (nSPS) is 20.7. The summed E-state index contributed by atoms with van der Waals surface area (Å²) in [7, 11) is 2.81. The molecule has 0 amide bonds. The summed E-state index contributed by atoms with van der Waals surface area (Å²) in [4.78, 5) is 38.7. The Morgan fingerprint density at radius 3 is 2.63 bits per heavy atom. The van der Waals surface area contributed by atoms with Gasteiger partial charge in [0.05, 0.1) is 19.8 Å². The average Bonchev–Trinajstić information content (AvgIpc) is 3.06. The highest BCUT2D eigenvalue weighted by atomic mass is 16.5. The fraction of sp³-hybridized carbons (Fsp3) is 0.476. The molecule has 2 aliphatic heterocycles. The van der Waals surface area contributed by atoms with Crippen LogP contribution in [0.15, 0.2) is 27.8 Å². The molecule has 9 nitrogen and oxygen atoms in total. The molecule has 0 spiro atoms. The summed E-state index contributed by atoms with van der Waals surface area (Å²) in [6.45, 7) is 2.21. The first-order chi connectivity index (χ1) is 14.4. The fourth-order valence-electron chi connectivity index (χ4n) is 4.34. The second-order valence-electron chi connectivity index (χ2n) is 7.93. The van der Waals surface area contributed by atoms with Crippen LogP contribution in [0.2, 0.25) is 0 Å². The molecule has 1 unspecified atom stereocenters. The van der Waals surface area contributed by atoms with E-state index in [0.717, 1.165) is 56.9 Å². The lowest BCUT2D eigenvalue weighted by atomic mass is 10.0. The van der Waals surface area contributed by atoms with E-state index in [2.05, 4.69) is 0 Å². The number of quaternary nitrogens is 1. The van der Waals surface area contributed by atoms with Crippen molar-refractivity contribution >= 4 is 11.6 Å². The van der Waals surface area contributed by atoms with E-state index in [1.807, 2.05) is 18.2 Å². The zero-order valence-electron chi connectivity index (χ0n) is 17.3. The van der Waals surface area contributed by atoms with Gasteiger partial charge >= 0.3 is 5.69 Å². The van der Waals surface area contributed by atoms with Crippen molar-refractivity contribution in [2.45, 2.75) is 25.3 Å². The van der Waals surface area contributed by atoms with Crippen molar-refractivity contribution in [1.82, 2.24) is 9.13 Å². The monoisotopic (exact) mass is 415 g/mol. The van der Waals surface area contributed by atoms with Gasteiger partial charge in [-0.1, -0.05) is 0 Å². The number of hydrogen-bond acceptors (Lipinski definition) is 6. The van der Waals surface area contributed by atoms with Crippen LogP contribution in [0, 0.1) is 0 Å². The van der Waals surface area contributed by atoms with Crippen molar-refractivity contribution in [3.8, 4) is 11.5 Å². The Labute approximate surface area is 173 Å².